The molecule has 1 aliphatic heterocycles. The minimum absolute atomic E-state index is 0.0248. The number of aryl methyl sites for hydroxylation is 2. The van der Waals surface area contributed by atoms with E-state index < -0.39 is 6.17 Å². The third-order valence-electron chi connectivity index (χ3n) is 7.30. The van der Waals surface area contributed by atoms with Gasteiger partial charge in [0.1, 0.15) is 12.0 Å². The van der Waals surface area contributed by atoms with Crippen molar-refractivity contribution in [3.8, 4) is 17.5 Å². The van der Waals surface area contributed by atoms with Crippen molar-refractivity contribution in [2.45, 2.75) is 57.5 Å². The van der Waals surface area contributed by atoms with E-state index in [-0.39, 0.29) is 11.8 Å². The first-order chi connectivity index (χ1) is 16.4. The molecule has 1 saturated heterocycles. The molecule has 34 heavy (non-hydrogen) atoms. The monoisotopic (exact) mass is 457 g/mol. The topological polar surface area (TPSA) is 85.7 Å². The molecule has 0 spiro atoms. The van der Waals surface area contributed by atoms with Gasteiger partial charge in [-0.05, 0) is 86.3 Å². The summed E-state index contributed by atoms with van der Waals surface area (Å²) in [7, 11) is 0. The van der Waals surface area contributed by atoms with E-state index in [1.807, 2.05) is 55.1 Å². The molecule has 1 N–H and O–H groups in total. The molecule has 2 aliphatic rings. The number of amides is 1. The summed E-state index contributed by atoms with van der Waals surface area (Å²) in [4.78, 5) is 18.6. The molecule has 2 heterocycles. The largest absolute Gasteiger partial charge is 0.339 e. The van der Waals surface area contributed by atoms with Gasteiger partial charge in [-0.25, -0.2) is 4.39 Å². The van der Waals surface area contributed by atoms with Crippen molar-refractivity contribution in [1.29, 1.82) is 5.26 Å². The number of H-pyrrole nitrogens is 1. The Bertz CT molecular complexity index is 1250. The number of benzene rings is 2. The van der Waals surface area contributed by atoms with Crippen LogP contribution in [0.25, 0.3) is 11.4 Å². The van der Waals surface area contributed by atoms with Gasteiger partial charge in [-0.3, -0.25) is 4.79 Å². The van der Waals surface area contributed by atoms with Crippen molar-refractivity contribution >= 4 is 5.91 Å². The Morgan fingerprint density at radius 2 is 1.79 bits per heavy atom. The third kappa shape index (κ3) is 4.21. The molecule has 174 valence electrons. The summed E-state index contributed by atoms with van der Waals surface area (Å²) < 4.78 is 13.6. The SMILES string of the molecule is Cc1nnc(-c2cc(C(=O)N3CCC(c4ccc(C#N)cc4)CC3)c(C)cc2[C@H]2C[C@@H](F)C2)[nH]1. The van der Waals surface area contributed by atoms with E-state index in [1.54, 1.807) is 0 Å². The zero-order valence-electron chi connectivity index (χ0n) is 19.5. The summed E-state index contributed by atoms with van der Waals surface area (Å²) in [5.74, 6) is 1.89. The molecule has 0 bridgehead atoms. The fourth-order valence-corrected chi connectivity index (χ4v) is 5.19. The summed E-state index contributed by atoms with van der Waals surface area (Å²) >= 11 is 0. The Morgan fingerprint density at radius 3 is 2.38 bits per heavy atom. The Hall–Kier alpha value is -3.53. The summed E-state index contributed by atoms with van der Waals surface area (Å²) in [6, 6.07) is 13.9. The van der Waals surface area contributed by atoms with E-state index in [0.717, 1.165) is 29.5 Å². The highest BCUT2D eigenvalue weighted by Crippen LogP contribution is 2.43. The average molecular weight is 458 g/mol. The molecular weight excluding hydrogens is 429 g/mol. The van der Waals surface area contributed by atoms with Crippen LogP contribution in [-0.4, -0.2) is 45.2 Å². The first-order valence-electron chi connectivity index (χ1n) is 11.9. The first kappa shape index (κ1) is 22.3. The number of carbonyl (C=O) groups excluding carboxylic acids is 1. The Morgan fingerprint density at radius 1 is 1.09 bits per heavy atom. The number of aromatic nitrogens is 3. The van der Waals surface area contributed by atoms with Crippen molar-refractivity contribution in [2.24, 2.45) is 0 Å². The molecule has 2 aromatic carbocycles. The average Bonchev–Trinajstić information content (AvgIpc) is 3.27. The maximum Gasteiger partial charge on any atom is 0.254 e. The number of hydrogen-bond donors (Lipinski definition) is 1. The van der Waals surface area contributed by atoms with Crippen LogP contribution in [0.15, 0.2) is 36.4 Å². The van der Waals surface area contributed by atoms with Gasteiger partial charge in [0, 0.05) is 24.2 Å². The molecule has 7 heteroatoms. The van der Waals surface area contributed by atoms with E-state index in [1.165, 1.54) is 5.56 Å². The van der Waals surface area contributed by atoms with E-state index in [4.69, 9.17) is 5.26 Å². The van der Waals surface area contributed by atoms with Crippen LogP contribution < -0.4 is 0 Å². The Balaban J connectivity index is 1.37. The molecule has 1 saturated carbocycles. The van der Waals surface area contributed by atoms with Crippen LogP contribution >= 0.6 is 0 Å². The van der Waals surface area contributed by atoms with Gasteiger partial charge >= 0.3 is 0 Å². The number of piperidine rings is 1. The van der Waals surface area contributed by atoms with Crippen LogP contribution in [0.1, 0.15) is 76.0 Å². The second-order valence-corrected chi connectivity index (χ2v) is 9.58. The van der Waals surface area contributed by atoms with Crippen LogP contribution in [0.5, 0.6) is 0 Å². The summed E-state index contributed by atoms with van der Waals surface area (Å²) in [6.07, 6.45) is 2.05. The van der Waals surface area contributed by atoms with Crippen molar-refractivity contribution < 1.29 is 9.18 Å². The van der Waals surface area contributed by atoms with E-state index >= 15 is 0 Å². The second-order valence-electron chi connectivity index (χ2n) is 9.58. The van der Waals surface area contributed by atoms with Crippen LogP contribution in [0.3, 0.4) is 0 Å². The highest BCUT2D eigenvalue weighted by Gasteiger charge is 2.34. The van der Waals surface area contributed by atoms with Crippen LogP contribution in [0.4, 0.5) is 4.39 Å². The fourth-order valence-electron chi connectivity index (χ4n) is 5.19. The van der Waals surface area contributed by atoms with Gasteiger partial charge in [0.15, 0.2) is 5.82 Å². The van der Waals surface area contributed by atoms with Gasteiger partial charge < -0.3 is 9.88 Å². The van der Waals surface area contributed by atoms with Crippen molar-refractivity contribution in [1.82, 2.24) is 20.1 Å². The lowest BCUT2D eigenvalue weighted by molar-refractivity contribution is 0.0712. The van der Waals surface area contributed by atoms with Gasteiger partial charge in [-0.15, -0.1) is 10.2 Å². The Kier molecular flexibility index (Phi) is 5.91. The maximum atomic E-state index is 13.6. The number of halogens is 1. The highest BCUT2D eigenvalue weighted by atomic mass is 19.1. The molecule has 5 rings (SSSR count). The van der Waals surface area contributed by atoms with Crippen LogP contribution in [-0.2, 0) is 0 Å². The number of nitrogens with one attached hydrogen (secondary N) is 1. The molecule has 1 aliphatic carbocycles. The lowest BCUT2D eigenvalue weighted by Crippen LogP contribution is -2.38. The maximum absolute atomic E-state index is 13.6. The zero-order valence-corrected chi connectivity index (χ0v) is 19.5. The minimum Gasteiger partial charge on any atom is -0.339 e. The number of nitriles is 1. The number of nitrogens with zero attached hydrogens (tertiary/aromatic N) is 4. The number of rotatable bonds is 4. The molecule has 2 fully saturated rings. The summed E-state index contributed by atoms with van der Waals surface area (Å²) in [5.41, 5.74) is 5.35. The van der Waals surface area contributed by atoms with Crippen molar-refractivity contribution in [2.75, 3.05) is 13.1 Å². The molecule has 0 radical (unpaired) electrons. The number of aromatic amines is 1. The molecule has 6 nitrogen and oxygen atoms in total. The minimum atomic E-state index is -0.756. The summed E-state index contributed by atoms with van der Waals surface area (Å²) in [5, 5.41) is 17.4. The molecule has 0 atom stereocenters. The van der Waals surface area contributed by atoms with Crippen LogP contribution in [0.2, 0.25) is 0 Å². The van der Waals surface area contributed by atoms with E-state index in [9.17, 15) is 9.18 Å². The van der Waals surface area contributed by atoms with Crippen LogP contribution in [0, 0.1) is 25.2 Å². The zero-order chi connectivity index (χ0) is 23.8. The quantitative estimate of drug-likeness (QED) is 0.584. The number of hydrogen-bond acceptors (Lipinski definition) is 4. The third-order valence-corrected chi connectivity index (χ3v) is 7.30. The van der Waals surface area contributed by atoms with Gasteiger partial charge in [-0.1, -0.05) is 18.2 Å². The van der Waals surface area contributed by atoms with Gasteiger partial charge in [0.25, 0.3) is 5.91 Å². The van der Waals surface area contributed by atoms with Crippen molar-refractivity contribution in [3.05, 3.63) is 70.0 Å². The highest BCUT2D eigenvalue weighted by molar-refractivity contribution is 5.97. The molecular formula is C27H28FN5O. The van der Waals surface area contributed by atoms with Gasteiger partial charge in [0.2, 0.25) is 0 Å². The number of alkyl halides is 1. The molecule has 3 aromatic rings. The normalized spacial score (nSPS) is 20.6. The number of carbonyl (C=O) groups is 1. The standard InChI is InChI=1S/C27H28FN5O/c1-16-11-24(21-12-22(28)13-21)25(26-30-17(2)31-32-26)14-23(16)27(34)33-9-7-20(8-10-33)19-5-3-18(15-29)4-6-19/h3-6,11,14,20-22H,7-10,12-13H2,1-2H3,(H,30,31,32)/t21-,22+. The van der Waals surface area contributed by atoms with Gasteiger partial charge in [-0.2, -0.15) is 5.26 Å². The lowest BCUT2D eigenvalue weighted by atomic mass is 9.75. The predicted molar refractivity (Wildman–Crippen MR) is 127 cm³/mol. The first-order valence-corrected chi connectivity index (χ1v) is 11.9. The lowest BCUT2D eigenvalue weighted by Gasteiger charge is -2.34. The van der Waals surface area contributed by atoms with E-state index in [2.05, 4.69) is 21.3 Å². The molecule has 1 aromatic heterocycles. The van der Waals surface area contributed by atoms with Gasteiger partial charge in [0.05, 0.1) is 11.6 Å². The Labute approximate surface area is 198 Å². The van der Waals surface area contributed by atoms with E-state index in [0.29, 0.717) is 54.6 Å². The summed E-state index contributed by atoms with van der Waals surface area (Å²) in [6.45, 7) is 5.18. The second kappa shape index (κ2) is 9.02. The number of likely N-dealkylation sites (tertiary alicyclic amines) is 1. The van der Waals surface area contributed by atoms with Crippen molar-refractivity contribution in [3.63, 3.8) is 0 Å². The smallest absolute Gasteiger partial charge is 0.254 e. The predicted octanol–water partition coefficient (Wildman–Crippen LogP) is 5.20. The molecule has 1 amide bonds. The molecule has 0 unspecified atom stereocenters. The fraction of sp³-hybridized carbons (Fsp3) is 0.407.